The van der Waals surface area contributed by atoms with Crippen LogP contribution in [-0.4, -0.2) is 14.7 Å². The zero-order chi connectivity index (χ0) is 20.8. The Balaban J connectivity index is 1.52. The van der Waals surface area contributed by atoms with Crippen molar-refractivity contribution < 1.29 is 4.74 Å². The quantitative estimate of drug-likeness (QED) is 0.401. The summed E-state index contributed by atoms with van der Waals surface area (Å²) in [5.74, 6) is 0.617. The molecule has 4 rings (SSSR count). The van der Waals surface area contributed by atoms with Gasteiger partial charge >= 0.3 is 0 Å². The second-order valence-electron chi connectivity index (χ2n) is 8.44. The highest BCUT2D eigenvalue weighted by Crippen LogP contribution is 2.18. The van der Waals surface area contributed by atoms with Crippen molar-refractivity contribution in [2.75, 3.05) is 6.61 Å². The summed E-state index contributed by atoms with van der Waals surface area (Å²) in [6, 6.07) is 31.1. The highest BCUT2D eigenvalue weighted by atomic mass is 28.3. The van der Waals surface area contributed by atoms with Crippen molar-refractivity contribution in [1.29, 1.82) is 0 Å². The van der Waals surface area contributed by atoms with Gasteiger partial charge in [0.25, 0.3) is 0 Å². The van der Waals surface area contributed by atoms with Gasteiger partial charge in [0.1, 0.15) is 0 Å². The molecule has 2 heteroatoms. The largest absolute Gasteiger partial charge is 0.372 e. The monoisotopic (exact) mass is 410 g/mol. The van der Waals surface area contributed by atoms with E-state index in [-0.39, 0.29) is 0 Å². The topological polar surface area (TPSA) is 9.23 Å². The first-order chi connectivity index (χ1) is 14.7. The van der Waals surface area contributed by atoms with Crippen LogP contribution in [0.4, 0.5) is 0 Å². The molecular formula is C28H30OSi-. The Morgan fingerprint density at radius 2 is 1.33 bits per heavy atom. The Labute approximate surface area is 181 Å². The first-order valence-electron chi connectivity index (χ1n) is 10.8. The van der Waals surface area contributed by atoms with E-state index < -0.39 is 8.07 Å². The maximum Gasteiger partial charge on any atom is 0.0721 e. The van der Waals surface area contributed by atoms with E-state index in [2.05, 4.69) is 117 Å². The molecule has 0 spiro atoms. The van der Waals surface area contributed by atoms with Crippen LogP contribution >= 0.6 is 0 Å². The molecule has 0 saturated heterocycles. The minimum absolute atomic E-state index is 0.617. The van der Waals surface area contributed by atoms with E-state index in [1.807, 2.05) is 0 Å². The number of allylic oxidation sites excluding steroid dienone is 3. The number of hydrogen-bond acceptors (Lipinski definition) is 1. The third-order valence-corrected chi connectivity index (χ3v) is 10.6. The molecule has 0 heterocycles. The molecule has 0 fully saturated rings. The summed E-state index contributed by atoms with van der Waals surface area (Å²) in [5, 5.41) is 4.30. The van der Waals surface area contributed by atoms with Gasteiger partial charge in [-0.1, -0.05) is 118 Å². The maximum absolute atomic E-state index is 6.01. The van der Waals surface area contributed by atoms with E-state index in [1.165, 1.54) is 26.7 Å². The standard InChI is InChI=1S/C28H30OSi/c1-23-10-9-11-25(20-23)22-29-21-24-16-18-28(19-17-24)30(2,26-12-5-3-6-13-26)27-14-7-4-8-15-27/h3-19,23H,20-22H2,1-2H3/q-1. The lowest BCUT2D eigenvalue weighted by atomic mass is 9.97. The van der Waals surface area contributed by atoms with Crippen LogP contribution in [0.25, 0.3) is 0 Å². The molecule has 0 aliphatic heterocycles. The van der Waals surface area contributed by atoms with Crippen LogP contribution in [0, 0.1) is 5.92 Å². The Morgan fingerprint density at radius 1 is 0.767 bits per heavy atom. The van der Waals surface area contributed by atoms with Gasteiger partial charge in [0.2, 0.25) is 0 Å². The summed E-state index contributed by atoms with van der Waals surface area (Å²) in [6.45, 7) is 6.08. The fraction of sp³-hybridized carbons (Fsp3) is 0.214. The van der Waals surface area contributed by atoms with E-state index in [4.69, 9.17) is 4.74 Å². The molecule has 1 atom stereocenters. The van der Waals surface area contributed by atoms with Gasteiger partial charge in [0.15, 0.2) is 0 Å². The lowest BCUT2D eigenvalue weighted by Gasteiger charge is -2.42. The Morgan fingerprint density at radius 3 is 1.90 bits per heavy atom. The molecule has 0 N–H and O–H groups in total. The van der Waals surface area contributed by atoms with Crippen LogP contribution in [0.2, 0.25) is 6.55 Å². The molecule has 0 saturated carbocycles. The van der Waals surface area contributed by atoms with Gasteiger partial charge in [-0.3, -0.25) is 0 Å². The van der Waals surface area contributed by atoms with E-state index in [1.54, 1.807) is 0 Å². The summed E-state index contributed by atoms with van der Waals surface area (Å²) < 4.78 is 6.01. The van der Waals surface area contributed by atoms with E-state index in [0.717, 1.165) is 13.0 Å². The van der Waals surface area contributed by atoms with E-state index in [0.29, 0.717) is 12.5 Å². The molecule has 1 aliphatic carbocycles. The fourth-order valence-corrected chi connectivity index (χ4v) is 7.87. The molecular weight excluding hydrogens is 380 g/mol. The molecule has 0 aromatic heterocycles. The minimum atomic E-state index is -2.02. The minimum Gasteiger partial charge on any atom is -0.372 e. The van der Waals surface area contributed by atoms with E-state index >= 15 is 0 Å². The molecule has 0 amide bonds. The van der Waals surface area contributed by atoms with Crippen molar-refractivity contribution in [3.63, 3.8) is 0 Å². The maximum atomic E-state index is 6.01. The SMILES string of the molecule is CC1C=CC=C(COCc2ccc([Si-](C)(c3ccccc3)c3ccccc3)cc2)C1. The second kappa shape index (κ2) is 9.42. The third kappa shape index (κ3) is 4.56. The number of hydrogen-bond donors (Lipinski definition) is 0. The van der Waals surface area contributed by atoms with Crippen LogP contribution in [0.1, 0.15) is 18.9 Å². The third-order valence-electron chi connectivity index (χ3n) is 6.15. The normalized spacial score (nSPS) is 16.3. The summed E-state index contributed by atoms with van der Waals surface area (Å²) >= 11 is 0. The van der Waals surface area contributed by atoms with Gasteiger partial charge in [0.05, 0.1) is 13.2 Å². The van der Waals surface area contributed by atoms with Gasteiger partial charge in [-0.2, -0.15) is 22.1 Å². The van der Waals surface area contributed by atoms with Crippen molar-refractivity contribution in [2.45, 2.75) is 26.5 Å². The average Bonchev–Trinajstić information content (AvgIpc) is 2.80. The summed E-state index contributed by atoms with van der Waals surface area (Å²) in [6.07, 6.45) is 7.70. The van der Waals surface area contributed by atoms with Crippen LogP contribution in [0.5, 0.6) is 0 Å². The van der Waals surface area contributed by atoms with Crippen LogP contribution in [-0.2, 0) is 11.3 Å². The Bertz CT molecular complexity index is 964. The molecule has 0 radical (unpaired) electrons. The van der Waals surface area contributed by atoms with Crippen LogP contribution < -0.4 is 15.6 Å². The van der Waals surface area contributed by atoms with Crippen LogP contribution in [0.15, 0.2) is 109 Å². The number of benzene rings is 3. The van der Waals surface area contributed by atoms with Gasteiger partial charge in [-0.15, -0.1) is 0 Å². The van der Waals surface area contributed by atoms with Crippen LogP contribution in [0.3, 0.4) is 0 Å². The molecule has 3 aromatic carbocycles. The lowest BCUT2D eigenvalue weighted by Crippen LogP contribution is -2.64. The predicted molar refractivity (Wildman–Crippen MR) is 131 cm³/mol. The smallest absolute Gasteiger partial charge is 0.0721 e. The first-order valence-corrected chi connectivity index (χ1v) is 13.3. The number of ether oxygens (including phenoxy) is 1. The highest BCUT2D eigenvalue weighted by molar-refractivity contribution is 7.10. The lowest BCUT2D eigenvalue weighted by molar-refractivity contribution is 0.139. The summed E-state index contributed by atoms with van der Waals surface area (Å²) in [4.78, 5) is 0. The van der Waals surface area contributed by atoms with Gasteiger partial charge in [-0.05, 0) is 23.5 Å². The molecule has 30 heavy (non-hydrogen) atoms. The highest BCUT2D eigenvalue weighted by Gasteiger charge is 2.20. The van der Waals surface area contributed by atoms with Crippen molar-refractivity contribution in [3.8, 4) is 0 Å². The van der Waals surface area contributed by atoms with Crippen molar-refractivity contribution >= 4 is 23.6 Å². The Hall–Kier alpha value is -2.68. The first kappa shape index (κ1) is 20.6. The molecule has 3 aromatic rings. The van der Waals surface area contributed by atoms with Gasteiger partial charge in [-0.25, -0.2) is 0 Å². The van der Waals surface area contributed by atoms with Crippen molar-refractivity contribution in [3.05, 3.63) is 114 Å². The molecule has 1 aliphatic rings. The molecule has 153 valence electrons. The zero-order valence-electron chi connectivity index (χ0n) is 17.9. The molecule has 0 bridgehead atoms. The fourth-order valence-electron chi connectivity index (χ4n) is 4.32. The van der Waals surface area contributed by atoms with E-state index in [9.17, 15) is 0 Å². The number of rotatable bonds is 7. The van der Waals surface area contributed by atoms with Crippen molar-refractivity contribution in [2.24, 2.45) is 5.92 Å². The molecule has 1 unspecified atom stereocenters. The van der Waals surface area contributed by atoms with Gasteiger partial charge < -0.3 is 4.74 Å². The molecule has 1 nitrogen and oxygen atoms in total. The summed E-state index contributed by atoms with van der Waals surface area (Å²) in [7, 11) is -2.02. The van der Waals surface area contributed by atoms with Gasteiger partial charge in [0, 0.05) is 0 Å². The second-order valence-corrected chi connectivity index (χ2v) is 12.4. The predicted octanol–water partition coefficient (Wildman–Crippen LogP) is 4.83. The van der Waals surface area contributed by atoms with Crippen molar-refractivity contribution in [1.82, 2.24) is 0 Å². The summed E-state index contributed by atoms with van der Waals surface area (Å²) in [5.41, 5.74) is 2.62. The average molecular weight is 411 g/mol. The zero-order valence-corrected chi connectivity index (χ0v) is 18.9. The Kier molecular flexibility index (Phi) is 6.46.